The number of hydrazone groups is 1. The van der Waals surface area contributed by atoms with Gasteiger partial charge in [0.2, 0.25) is 0 Å². The smallest absolute Gasteiger partial charge is 0.152 e. The van der Waals surface area contributed by atoms with Crippen molar-refractivity contribution >= 4 is 16.1 Å². The summed E-state index contributed by atoms with van der Waals surface area (Å²) in [4.78, 5) is 0. The second-order valence-electron chi connectivity index (χ2n) is 2.62. The topological polar surface area (TPSA) is 58.5 Å². The Morgan fingerprint density at radius 2 is 2.36 bits per heavy atom. The highest BCUT2D eigenvalue weighted by Crippen LogP contribution is 2.10. The van der Waals surface area contributed by atoms with Gasteiger partial charge in [-0.15, -0.1) is 0 Å². The molecule has 0 aromatic heterocycles. The fourth-order valence-electron chi connectivity index (χ4n) is 1.08. The molecule has 1 N–H and O–H groups in total. The van der Waals surface area contributed by atoms with Crippen LogP contribution in [0.3, 0.4) is 0 Å². The van der Waals surface area contributed by atoms with Gasteiger partial charge in [-0.2, -0.15) is 5.10 Å². The second-order valence-corrected chi connectivity index (χ2v) is 4.85. The summed E-state index contributed by atoms with van der Waals surface area (Å²) in [6.07, 6.45) is 2.30. The molecule has 0 amide bonds. The molecule has 0 aromatic carbocycles. The second kappa shape index (κ2) is 3.21. The summed E-state index contributed by atoms with van der Waals surface area (Å²) in [5.74, 6) is 0.522. The minimum absolute atomic E-state index is 0.0243. The summed E-state index contributed by atoms with van der Waals surface area (Å²) >= 11 is 0. The van der Waals surface area contributed by atoms with E-state index in [1.165, 1.54) is 0 Å². The average molecular weight is 176 g/mol. The molecule has 11 heavy (non-hydrogen) atoms. The van der Waals surface area contributed by atoms with Gasteiger partial charge in [0.05, 0.1) is 17.5 Å². The van der Waals surface area contributed by atoms with Gasteiger partial charge in [-0.05, 0) is 13.3 Å². The molecular formula is C6H12N2O2S. The summed E-state index contributed by atoms with van der Waals surface area (Å²) in [5, 5.41) is 3.78. The molecule has 0 saturated carbocycles. The molecule has 4 nitrogen and oxygen atoms in total. The zero-order valence-corrected chi connectivity index (χ0v) is 7.26. The summed E-state index contributed by atoms with van der Waals surface area (Å²) in [5.41, 5.74) is 2.78. The highest BCUT2D eigenvalue weighted by atomic mass is 32.2. The van der Waals surface area contributed by atoms with Crippen molar-refractivity contribution in [3.63, 3.8) is 0 Å². The van der Waals surface area contributed by atoms with Crippen molar-refractivity contribution in [3.05, 3.63) is 0 Å². The van der Waals surface area contributed by atoms with Gasteiger partial charge in [0.25, 0.3) is 0 Å². The van der Waals surface area contributed by atoms with E-state index in [4.69, 9.17) is 0 Å². The van der Waals surface area contributed by atoms with E-state index in [1.54, 1.807) is 13.1 Å². The van der Waals surface area contributed by atoms with Gasteiger partial charge >= 0.3 is 0 Å². The van der Waals surface area contributed by atoms with E-state index >= 15 is 0 Å². The Labute approximate surface area is 66.6 Å². The Kier molecular flexibility index (Phi) is 2.49. The van der Waals surface area contributed by atoms with E-state index in [0.717, 1.165) is 0 Å². The van der Waals surface area contributed by atoms with Crippen molar-refractivity contribution in [2.24, 2.45) is 5.10 Å². The molecule has 0 unspecified atom stereocenters. The van der Waals surface area contributed by atoms with Crippen molar-refractivity contribution < 1.29 is 8.42 Å². The number of hydrogen-bond donors (Lipinski definition) is 1. The summed E-state index contributed by atoms with van der Waals surface area (Å²) in [6, 6.07) is 0.0243. The van der Waals surface area contributed by atoms with Gasteiger partial charge < -0.3 is 5.43 Å². The first-order valence-electron chi connectivity index (χ1n) is 3.58. The van der Waals surface area contributed by atoms with Gasteiger partial charge in [-0.1, -0.05) is 0 Å². The Morgan fingerprint density at radius 1 is 1.64 bits per heavy atom. The van der Waals surface area contributed by atoms with Gasteiger partial charge in [-0.25, -0.2) is 8.42 Å². The normalized spacial score (nSPS) is 29.4. The van der Waals surface area contributed by atoms with Crippen LogP contribution in [0.2, 0.25) is 0 Å². The standard InChI is InChI=1S/C6H12N2O2S/c1-2-7-8-6-3-4-11(9,10)5-6/h2,6,8H,3-5H2,1H3/b7-2-/t6-/m1/s1. The Morgan fingerprint density at radius 3 is 2.82 bits per heavy atom. The molecule has 1 heterocycles. The average Bonchev–Trinajstić information content (AvgIpc) is 2.26. The first kappa shape index (κ1) is 8.52. The first-order chi connectivity index (χ1) is 5.14. The van der Waals surface area contributed by atoms with Crippen LogP contribution in [0.25, 0.3) is 0 Å². The maximum atomic E-state index is 10.9. The van der Waals surface area contributed by atoms with Crippen LogP contribution in [0.4, 0.5) is 0 Å². The molecular weight excluding hydrogens is 164 g/mol. The highest BCUT2D eigenvalue weighted by Gasteiger charge is 2.27. The van der Waals surface area contributed by atoms with Crippen LogP contribution in [0.15, 0.2) is 5.10 Å². The predicted molar refractivity (Wildman–Crippen MR) is 44.4 cm³/mol. The lowest BCUT2D eigenvalue weighted by Crippen LogP contribution is -2.25. The number of sulfone groups is 1. The van der Waals surface area contributed by atoms with E-state index in [2.05, 4.69) is 10.5 Å². The summed E-state index contributed by atoms with van der Waals surface area (Å²) < 4.78 is 21.8. The fraction of sp³-hybridized carbons (Fsp3) is 0.833. The predicted octanol–water partition coefficient (Wildman–Crippen LogP) is -0.231. The van der Waals surface area contributed by atoms with Crippen LogP contribution < -0.4 is 5.43 Å². The molecule has 1 atom stereocenters. The Balaban J connectivity index is 2.43. The zero-order chi connectivity index (χ0) is 8.32. The van der Waals surface area contributed by atoms with E-state index in [1.807, 2.05) is 0 Å². The minimum atomic E-state index is -2.76. The van der Waals surface area contributed by atoms with Crippen LogP contribution >= 0.6 is 0 Å². The van der Waals surface area contributed by atoms with Crippen LogP contribution in [-0.2, 0) is 9.84 Å². The maximum Gasteiger partial charge on any atom is 0.152 e. The molecule has 5 heteroatoms. The number of hydrogen-bond acceptors (Lipinski definition) is 4. The highest BCUT2D eigenvalue weighted by molar-refractivity contribution is 7.91. The molecule has 1 fully saturated rings. The molecule has 64 valence electrons. The van der Waals surface area contributed by atoms with E-state index < -0.39 is 9.84 Å². The molecule has 0 aliphatic carbocycles. The molecule has 1 aliphatic rings. The van der Waals surface area contributed by atoms with Crippen molar-refractivity contribution in [3.8, 4) is 0 Å². The SMILES string of the molecule is C/C=N\N[C@@H]1CCS(=O)(=O)C1. The van der Waals surface area contributed by atoms with Crippen molar-refractivity contribution in [2.45, 2.75) is 19.4 Å². The largest absolute Gasteiger partial charge is 0.306 e. The maximum absolute atomic E-state index is 10.9. The van der Waals surface area contributed by atoms with Crippen LogP contribution in [0.1, 0.15) is 13.3 Å². The molecule has 0 bridgehead atoms. The quantitative estimate of drug-likeness (QED) is 0.467. The van der Waals surface area contributed by atoms with Gasteiger partial charge in [-0.3, -0.25) is 0 Å². The van der Waals surface area contributed by atoms with Gasteiger partial charge in [0.15, 0.2) is 9.84 Å². The third-order valence-corrected chi connectivity index (χ3v) is 3.39. The lowest BCUT2D eigenvalue weighted by Gasteiger charge is -2.04. The third kappa shape index (κ3) is 2.49. The van der Waals surface area contributed by atoms with Gasteiger partial charge in [0.1, 0.15) is 0 Å². The van der Waals surface area contributed by atoms with E-state index in [-0.39, 0.29) is 11.8 Å². The molecule has 1 aliphatic heterocycles. The van der Waals surface area contributed by atoms with Crippen LogP contribution in [-0.4, -0.2) is 32.2 Å². The Bertz CT molecular complexity index is 245. The molecule has 0 aromatic rings. The van der Waals surface area contributed by atoms with Gasteiger partial charge in [0, 0.05) is 6.21 Å². The number of nitrogens with zero attached hydrogens (tertiary/aromatic N) is 1. The number of nitrogens with one attached hydrogen (secondary N) is 1. The number of rotatable bonds is 2. The minimum Gasteiger partial charge on any atom is -0.306 e. The lowest BCUT2D eigenvalue weighted by molar-refractivity contribution is 0.578. The van der Waals surface area contributed by atoms with Crippen LogP contribution in [0, 0.1) is 0 Å². The first-order valence-corrected chi connectivity index (χ1v) is 5.40. The summed E-state index contributed by atoms with van der Waals surface area (Å²) in [6.45, 7) is 1.79. The monoisotopic (exact) mass is 176 g/mol. The molecule has 1 saturated heterocycles. The van der Waals surface area contributed by atoms with Crippen LogP contribution in [0.5, 0.6) is 0 Å². The van der Waals surface area contributed by atoms with E-state index in [9.17, 15) is 8.42 Å². The molecule has 0 radical (unpaired) electrons. The van der Waals surface area contributed by atoms with E-state index in [0.29, 0.717) is 12.2 Å². The van der Waals surface area contributed by atoms with Crippen molar-refractivity contribution in [1.82, 2.24) is 5.43 Å². The van der Waals surface area contributed by atoms with Crippen molar-refractivity contribution in [2.75, 3.05) is 11.5 Å². The molecule has 0 spiro atoms. The summed E-state index contributed by atoms with van der Waals surface area (Å²) in [7, 11) is -2.76. The lowest BCUT2D eigenvalue weighted by atomic mass is 10.3. The third-order valence-electron chi connectivity index (χ3n) is 1.62. The Hall–Kier alpha value is -0.580. The van der Waals surface area contributed by atoms with Crippen molar-refractivity contribution in [1.29, 1.82) is 0 Å². The zero-order valence-electron chi connectivity index (χ0n) is 6.45. The molecule has 1 rings (SSSR count). The fourth-order valence-corrected chi connectivity index (χ4v) is 2.74.